The van der Waals surface area contributed by atoms with E-state index in [1.807, 2.05) is 0 Å². The molecule has 2 rings (SSSR count). The van der Waals surface area contributed by atoms with E-state index in [-0.39, 0.29) is 5.91 Å². The molecule has 0 bridgehead atoms. The molecule has 1 atom stereocenters. The molecular formula is C15H26N4O. The van der Waals surface area contributed by atoms with E-state index in [4.69, 9.17) is 0 Å². The van der Waals surface area contributed by atoms with E-state index >= 15 is 0 Å². The smallest absolute Gasteiger partial charge is 0.269 e. The lowest BCUT2D eigenvalue weighted by atomic mass is 9.95. The largest absolute Gasteiger partial charge is 0.351 e. The van der Waals surface area contributed by atoms with Gasteiger partial charge >= 0.3 is 0 Å². The van der Waals surface area contributed by atoms with Gasteiger partial charge in [-0.05, 0) is 51.3 Å². The Morgan fingerprint density at radius 3 is 3.15 bits per heavy atom. The number of aryl methyl sites for hydroxylation is 1. The lowest BCUT2D eigenvalue weighted by molar-refractivity contribution is 0.0937. The van der Waals surface area contributed by atoms with Gasteiger partial charge in [-0.3, -0.25) is 9.48 Å². The number of amides is 1. The van der Waals surface area contributed by atoms with Crippen LogP contribution in [0.2, 0.25) is 0 Å². The Bertz CT molecular complexity index is 429. The van der Waals surface area contributed by atoms with Crippen LogP contribution in [0.1, 0.15) is 43.1 Å². The van der Waals surface area contributed by atoms with E-state index < -0.39 is 0 Å². The van der Waals surface area contributed by atoms with Gasteiger partial charge in [0.25, 0.3) is 5.91 Å². The van der Waals surface area contributed by atoms with Crippen LogP contribution in [0.3, 0.4) is 0 Å². The van der Waals surface area contributed by atoms with Crippen LogP contribution in [0.4, 0.5) is 0 Å². The van der Waals surface area contributed by atoms with Gasteiger partial charge in [-0.25, -0.2) is 0 Å². The van der Waals surface area contributed by atoms with Crippen molar-refractivity contribution in [3.05, 3.63) is 18.0 Å². The minimum absolute atomic E-state index is 0.000106. The molecule has 0 saturated carbocycles. The molecule has 1 aromatic heterocycles. The SMILES string of the molecule is CCCn1nccc1C(=O)NCC[C@H]1CCCN(C)C1. The summed E-state index contributed by atoms with van der Waals surface area (Å²) < 4.78 is 1.78. The average Bonchev–Trinajstić information content (AvgIpc) is 2.87. The number of hydrogen-bond acceptors (Lipinski definition) is 3. The molecule has 1 amide bonds. The third kappa shape index (κ3) is 4.07. The van der Waals surface area contributed by atoms with Gasteiger partial charge in [-0.2, -0.15) is 5.10 Å². The molecule has 2 heterocycles. The number of piperidine rings is 1. The Hall–Kier alpha value is -1.36. The van der Waals surface area contributed by atoms with Gasteiger partial charge in [0.1, 0.15) is 5.69 Å². The maximum Gasteiger partial charge on any atom is 0.269 e. The molecule has 112 valence electrons. The molecule has 1 aliphatic heterocycles. The second-order valence-electron chi connectivity index (χ2n) is 5.75. The molecule has 1 N–H and O–H groups in total. The molecule has 1 aromatic rings. The van der Waals surface area contributed by atoms with Crippen molar-refractivity contribution in [1.29, 1.82) is 0 Å². The van der Waals surface area contributed by atoms with Crippen molar-refractivity contribution >= 4 is 5.91 Å². The highest BCUT2D eigenvalue weighted by molar-refractivity contribution is 5.92. The molecule has 5 heteroatoms. The lowest BCUT2D eigenvalue weighted by Gasteiger charge is -2.29. The molecule has 5 nitrogen and oxygen atoms in total. The standard InChI is InChI=1S/C15H26N4O/c1-3-10-19-14(7-9-17-19)15(20)16-8-6-13-5-4-11-18(2)12-13/h7,9,13H,3-6,8,10-12H2,1-2H3,(H,16,20)/t13-/m1/s1. The van der Waals surface area contributed by atoms with Crippen LogP contribution in [0, 0.1) is 5.92 Å². The van der Waals surface area contributed by atoms with Crippen molar-refractivity contribution < 1.29 is 4.79 Å². The first-order chi connectivity index (χ1) is 9.70. The zero-order valence-electron chi connectivity index (χ0n) is 12.6. The summed E-state index contributed by atoms with van der Waals surface area (Å²) in [5.74, 6) is 0.717. The van der Waals surface area contributed by atoms with Crippen LogP contribution >= 0.6 is 0 Å². The molecule has 0 radical (unpaired) electrons. The molecular weight excluding hydrogens is 252 g/mol. The average molecular weight is 278 g/mol. The Balaban J connectivity index is 1.76. The Labute approximate surface area is 121 Å². The zero-order chi connectivity index (χ0) is 14.4. The summed E-state index contributed by atoms with van der Waals surface area (Å²) >= 11 is 0. The summed E-state index contributed by atoms with van der Waals surface area (Å²) in [5, 5.41) is 7.21. The van der Waals surface area contributed by atoms with Gasteiger partial charge in [0.15, 0.2) is 0 Å². The molecule has 20 heavy (non-hydrogen) atoms. The van der Waals surface area contributed by atoms with Crippen LogP contribution in [0.15, 0.2) is 12.3 Å². The fraction of sp³-hybridized carbons (Fsp3) is 0.733. The van der Waals surface area contributed by atoms with E-state index in [0.717, 1.165) is 38.4 Å². The third-order valence-corrected chi connectivity index (χ3v) is 3.94. The molecule has 0 aliphatic carbocycles. The normalized spacial score (nSPS) is 20.0. The highest BCUT2D eigenvalue weighted by Gasteiger charge is 2.17. The van der Waals surface area contributed by atoms with Crippen molar-refractivity contribution in [2.75, 3.05) is 26.7 Å². The number of carbonyl (C=O) groups excluding carboxylic acids is 1. The summed E-state index contributed by atoms with van der Waals surface area (Å²) in [6.07, 6.45) is 6.31. The van der Waals surface area contributed by atoms with E-state index in [9.17, 15) is 4.79 Å². The van der Waals surface area contributed by atoms with Gasteiger partial charge in [-0.15, -0.1) is 0 Å². The Morgan fingerprint density at radius 1 is 1.55 bits per heavy atom. The van der Waals surface area contributed by atoms with Crippen LogP contribution in [0.25, 0.3) is 0 Å². The fourth-order valence-corrected chi connectivity index (χ4v) is 2.90. The van der Waals surface area contributed by atoms with Gasteiger partial charge in [0, 0.05) is 25.8 Å². The molecule has 1 fully saturated rings. The quantitative estimate of drug-likeness (QED) is 0.862. The van der Waals surface area contributed by atoms with Gasteiger partial charge in [0.2, 0.25) is 0 Å². The number of carbonyl (C=O) groups is 1. The fourth-order valence-electron chi connectivity index (χ4n) is 2.90. The summed E-state index contributed by atoms with van der Waals surface area (Å²) in [7, 11) is 2.17. The second-order valence-corrected chi connectivity index (χ2v) is 5.75. The molecule has 1 aliphatic rings. The number of hydrogen-bond donors (Lipinski definition) is 1. The predicted molar refractivity (Wildman–Crippen MR) is 79.7 cm³/mol. The second kappa shape index (κ2) is 7.43. The van der Waals surface area contributed by atoms with Crippen LogP contribution < -0.4 is 5.32 Å². The maximum atomic E-state index is 12.1. The third-order valence-electron chi connectivity index (χ3n) is 3.94. The van der Waals surface area contributed by atoms with Gasteiger partial charge in [0.05, 0.1) is 0 Å². The topological polar surface area (TPSA) is 50.2 Å². The first-order valence-electron chi connectivity index (χ1n) is 7.69. The van der Waals surface area contributed by atoms with Crippen LogP contribution in [-0.4, -0.2) is 47.3 Å². The number of aromatic nitrogens is 2. The first kappa shape index (κ1) is 15.0. The van der Waals surface area contributed by atoms with Gasteiger partial charge in [-0.1, -0.05) is 6.92 Å². The number of nitrogens with one attached hydrogen (secondary N) is 1. The van der Waals surface area contributed by atoms with Crippen molar-refractivity contribution in [3.8, 4) is 0 Å². The monoisotopic (exact) mass is 278 g/mol. The number of nitrogens with zero attached hydrogens (tertiary/aromatic N) is 3. The highest BCUT2D eigenvalue weighted by Crippen LogP contribution is 2.17. The first-order valence-corrected chi connectivity index (χ1v) is 7.69. The lowest BCUT2D eigenvalue weighted by Crippen LogP contribution is -2.35. The summed E-state index contributed by atoms with van der Waals surface area (Å²) in [5.41, 5.74) is 0.674. The summed E-state index contributed by atoms with van der Waals surface area (Å²) in [6.45, 7) is 6.00. The molecule has 1 saturated heterocycles. The van der Waals surface area contributed by atoms with Crippen molar-refractivity contribution in [2.45, 2.75) is 39.2 Å². The van der Waals surface area contributed by atoms with Crippen LogP contribution in [-0.2, 0) is 6.54 Å². The van der Waals surface area contributed by atoms with E-state index in [1.54, 1.807) is 16.9 Å². The minimum atomic E-state index is 0.000106. The van der Waals surface area contributed by atoms with E-state index in [2.05, 4.69) is 29.3 Å². The molecule has 0 spiro atoms. The summed E-state index contributed by atoms with van der Waals surface area (Å²) in [6, 6.07) is 1.79. The van der Waals surface area contributed by atoms with E-state index in [1.165, 1.54) is 19.4 Å². The Morgan fingerprint density at radius 2 is 2.40 bits per heavy atom. The molecule has 0 unspecified atom stereocenters. The highest BCUT2D eigenvalue weighted by atomic mass is 16.2. The predicted octanol–water partition coefficient (Wildman–Crippen LogP) is 1.75. The van der Waals surface area contributed by atoms with Crippen molar-refractivity contribution in [2.24, 2.45) is 5.92 Å². The van der Waals surface area contributed by atoms with Crippen molar-refractivity contribution in [3.63, 3.8) is 0 Å². The Kier molecular flexibility index (Phi) is 5.59. The maximum absolute atomic E-state index is 12.1. The number of likely N-dealkylation sites (tertiary alicyclic amines) is 1. The zero-order valence-corrected chi connectivity index (χ0v) is 12.6. The van der Waals surface area contributed by atoms with Crippen LogP contribution in [0.5, 0.6) is 0 Å². The summed E-state index contributed by atoms with van der Waals surface area (Å²) in [4.78, 5) is 14.5. The molecule has 0 aromatic carbocycles. The van der Waals surface area contributed by atoms with E-state index in [0.29, 0.717) is 5.69 Å². The minimum Gasteiger partial charge on any atom is -0.351 e. The number of rotatable bonds is 6. The van der Waals surface area contributed by atoms with Gasteiger partial charge < -0.3 is 10.2 Å². The van der Waals surface area contributed by atoms with Crippen molar-refractivity contribution in [1.82, 2.24) is 20.0 Å².